The third-order valence-electron chi connectivity index (χ3n) is 2.59. The molecule has 2 N–H and O–H groups in total. The van der Waals surface area contributed by atoms with Crippen LogP contribution in [0.1, 0.15) is 25.3 Å². The van der Waals surface area contributed by atoms with Gasteiger partial charge in [-0.15, -0.1) is 0 Å². The molecule has 0 spiro atoms. The molecule has 1 rings (SSSR count). The van der Waals surface area contributed by atoms with Crippen molar-refractivity contribution < 1.29 is 14.8 Å². The zero-order valence-electron chi connectivity index (χ0n) is 10.7. The number of ketones is 1. The quantitative estimate of drug-likeness (QED) is 0.689. The highest BCUT2D eigenvalue weighted by Crippen LogP contribution is 2.13. The van der Waals surface area contributed by atoms with E-state index < -0.39 is 0 Å². The van der Waals surface area contributed by atoms with Gasteiger partial charge in [-0.1, -0.05) is 12.1 Å². The lowest BCUT2D eigenvalue weighted by Gasteiger charge is -2.06. The van der Waals surface area contributed by atoms with E-state index in [1.165, 1.54) is 5.56 Å². The molecule has 0 amide bonds. The summed E-state index contributed by atoms with van der Waals surface area (Å²) in [6.45, 7) is 3.48. The number of aryl methyl sites for hydroxylation is 1. The molecule has 0 unspecified atom stereocenters. The number of nitrogens with two attached hydrogens (primary N) is 1. The smallest absolute Gasteiger partial charge is 0.130 e. The van der Waals surface area contributed by atoms with Crippen LogP contribution in [0.3, 0.4) is 0 Å². The maximum absolute atomic E-state index is 10.9. The third-order valence-corrected chi connectivity index (χ3v) is 2.59. The average molecular weight is 236 g/mol. The van der Waals surface area contributed by atoms with Crippen molar-refractivity contribution in [1.29, 1.82) is 0 Å². The molecule has 0 aliphatic carbocycles. The molecule has 0 aromatic heterocycles. The molecule has 1 aromatic rings. The van der Waals surface area contributed by atoms with Gasteiger partial charge in [0.1, 0.15) is 11.5 Å². The minimum Gasteiger partial charge on any atom is -0.493 e. The summed E-state index contributed by atoms with van der Waals surface area (Å²) in [6.07, 6.45) is 2.50. The van der Waals surface area contributed by atoms with Crippen LogP contribution in [-0.4, -0.2) is 26.0 Å². The van der Waals surface area contributed by atoms with Crippen molar-refractivity contribution in [3.05, 3.63) is 29.8 Å². The fraction of sp³-hybridized carbons (Fsp3) is 0.500. The van der Waals surface area contributed by atoms with Crippen LogP contribution in [0.5, 0.6) is 5.75 Å². The van der Waals surface area contributed by atoms with Crippen LogP contribution in [-0.2, 0) is 11.2 Å². The standard InChI is InChI=1S/C14H21NO2/c1-12(16)4-5-13-6-8-14(9-7-13)17-11-3-10-15-2/h6-9,15H,3-5,10-11H2,1-2H3/p+1. The van der Waals surface area contributed by atoms with Crippen LogP contribution in [0, 0.1) is 0 Å². The van der Waals surface area contributed by atoms with E-state index in [1.54, 1.807) is 6.92 Å². The van der Waals surface area contributed by atoms with Gasteiger partial charge in [-0.05, 0) is 31.0 Å². The van der Waals surface area contributed by atoms with Crippen LogP contribution in [0.4, 0.5) is 0 Å². The van der Waals surface area contributed by atoms with E-state index in [-0.39, 0.29) is 5.78 Å². The van der Waals surface area contributed by atoms with Crippen LogP contribution in [0.15, 0.2) is 24.3 Å². The van der Waals surface area contributed by atoms with Gasteiger partial charge in [0.25, 0.3) is 0 Å². The van der Waals surface area contributed by atoms with Crippen LogP contribution >= 0.6 is 0 Å². The largest absolute Gasteiger partial charge is 0.493 e. The summed E-state index contributed by atoms with van der Waals surface area (Å²) in [5.74, 6) is 1.15. The molecule has 0 aliphatic heterocycles. The first-order chi connectivity index (χ1) is 8.22. The normalized spacial score (nSPS) is 10.2. The Bertz CT molecular complexity index is 333. The van der Waals surface area contributed by atoms with Gasteiger partial charge < -0.3 is 14.8 Å². The van der Waals surface area contributed by atoms with Gasteiger partial charge in [-0.3, -0.25) is 0 Å². The van der Waals surface area contributed by atoms with E-state index in [4.69, 9.17) is 4.74 Å². The maximum atomic E-state index is 10.9. The number of rotatable bonds is 8. The van der Waals surface area contributed by atoms with Crippen LogP contribution in [0.2, 0.25) is 0 Å². The predicted molar refractivity (Wildman–Crippen MR) is 68.3 cm³/mol. The fourth-order valence-corrected chi connectivity index (χ4v) is 1.55. The molecule has 0 aliphatic rings. The minimum atomic E-state index is 0.237. The highest BCUT2D eigenvalue weighted by Gasteiger charge is 1.98. The van der Waals surface area contributed by atoms with E-state index in [0.717, 1.165) is 31.7 Å². The van der Waals surface area contributed by atoms with Gasteiger partial charge in [0, 0.05) is 12.8 Å². The Labute approximate surface area is 103 Å². The molecule has 3 nitrogen and oxygen atoms in total. The Kier molecular flexibility index (Phi) is 6.33. The first kappa shape index (κ1) is 13.7. The first-order valence-electron chi connectivity index (χ1n) is 6.21. The summed E-state index contributed by atoms with van der Waals surface area (Å²) in [5.41, 5.74) is 1.19. The van der Waals surface area contributed by atoms with Crippen molar-refractivity contribution in [1.82, 2.24) is 0 Å². The molecule has 0 radical (unpaired) electrons. The van der Waals surface area contributed by atoms with Crippen molar-refractivity contribution in [3.8, 4) is 5.75 Å². The topological polar surface area (TPSA) is 42.9 Å². The fourth-order valence-electron chi connectivity index (χ4n) is 1.55. The number of hydrogen-bond acceptors (Lipinski definition) is 2. The molecule has 1 aromatic carbocycles. The molecule has 17 heavy (non-hydrogen) atoms. The number of carbonyl (C=O) groups excluding carboxylic acids is 1. The molecule has 0 fully saturated rings. The number of hydrogen-bond donors (Lipinski definition) is 1. The van der Waals surface area contributed by atoms with E-state index in [2.05, 4.69) is 12.4 Å². The Morgan fingerprint density at radius 3 is 2.59 bits per heavy atom. The zero-order valence-corrected chi connectivity index (χ0v) is 10.7. The molecule has 94 valence electrons. The molecule has 0 heterocycles. The average Bonchev–Trinajstić information content (AvgIpc) is 2.33. The summed E-state index contributed by atoms with van der Waals surface area (Å²) < 4.78 is 5.60. The summed E-state index contributed by atoms with van der Waals surface area (Å²) in [7, 11) is 2.06. The molecule has 0 atom stereocenters. The van der Waals surface area contributed by atoms with Gasteiger partial charge in [0.05, 0.1) is 20.2 Å². The number of benzene rings is 1. The number of Topliss-reactive ketones (excluding diaryl/α,β-unsaturated/α-hetero) is 1. The van der Waals surface area contributed by atoms with Crippen LogP contribution in [0.25, 0.3) is 0 Å². The SMILES string of the molecule is C[NH2+]CCCOc1ccc(CCC(C)=O)cc1. The number of carbonyl (C=O) groups is 1. The lowest BCUT2D eigenvalue weighted by Crippen LogP contribution is -2.79. The number of ether oxygens (including phenoxy) is 1. The van der Waals surface area contributed by atoms with Crippen molar-refractivity contribution in [2.75, 3.05) is 20.2 Å². The predicted octanol–water partition coefficient (Wildman–Crippen LogP) is 1.17. The Balaban J connectivity index is 2.31. The van der Waals surface area contributed by atoms with Crippen molar-refractivity contribution >= 4 is 5.78 Å². The molecular formula is C14H22NO2+. The second-order valence-corrected chi connectivity index (χ2v) is 4.24. The van der Waals surface area contributed by atoms with Crippen molar-refractivity contribution in [2.45, 2.75) is 26.2 Å². The molecule has 0 bridgehead atoms. The lowest BCUT2D eigenvalue weighted by atomic mass is 10.1. The van der Waals surface area contributed by atoms with Gasteiger partial charge in [0.15, 0.2) is 0 Å². The van der Waals surface area contributed by atoms with Crippen molar-refractivity contribution in [3.63, 3.8) is 0 Å². The van der Waals surface area contributed by atoms with Gasteiger partial charge >= 0.3 is 0 Å². The van der Waals surface area contributed by atoms with E-state index in [0.29, 0.717) is 6.42 Å². The highest BCUT2D eigenvalue weighted by atomic mass is 16.5. The van der Waals surface area contributed by atoms with Crippen LogP contribution < -0.4 is 10.1 Å². The molecular weight excluding hydrogens is 214 g/mol. The van der Waals surface area contributed by atoms with Gasteiger partial charge in [-0.2, -0.15) is 0 Å². The van der Waals surface area contributed by atoms with Crippen molar-refractivity contribution in [2.24, 2.45) is 0 Å². The summed E-state index contributed by atoms with van der Waals surface area (Å²) in [6, 6.07) is 8.02. The summed E-state index contributed by atoms with van der Waals surface area (Å²) in [5, 5.41) is 2.15. The highest BCUT2D eigenvalue weighted by molar-refractivity contribution is 5.75. The second kappa shape index (κ2) is 7.85. The molecule has 0 saturated carbocycles. The van der Waals surface area contributed by atoms with E-state index in [1.807, 2.05) is 24.3 Å². The summed E-state index contributed by atoms with van der Waals surface area (Å²) in [4.78, 5) is 10.9. The third kappa shape index (κ3) is 6.07. The molecule has 0 saturated heterocycles. The monoisotopic (exact) mass is 236 g/mol. The van der Waals surface area contributed by atoms with E-state index >= 15 is 0 Å². The zero-order chi connectivity index (χ0) is 12.5. The minimum absolute atomic E-state index is 0.237. The van der Waals surface area contributed by atoms with Gasteiger partial charge in [-0.25, -0.2) is 0 Å². The van der Waals surface area contributed by atoms with Gasteiger partial charge in [0.2, 0.25) is 0 Å². The number of quaternary nitrogens is 1. The maximum Gasteiger partial charge on any atom is 0.130 e. The second-order valence-electron chi connectivity index (χ2n) is 4.24. The summed E-state index contributed by atoms with van der Waals surface area (Å²) >= 11 is 0. The lowest BCUT2D eigenvalue weighted by molar-refractivity contribution is -0.627. The molecule has 3 heteroatoms. The first-order valence-corrected chi connectivity index (χ1v) is 6.21. The Morgan fingerprint density at radius 1 is 1.29 bits per heavy atom. The Morgan fingerprint density at radius 2 is 2.00 bits per heavy atom. The Hall–Kier alpha value is -1.35. The van der Waals surface area contributed by atoms with E-state index in [9.17, 15) is 4.79 Å².